The Balaban J connectivity index is 1.74. The summed E-state index contributed by atoms with van der Waals surface area (Å²) in [6.07, 6.45) is 0. The third kappa shape index (κ3) is 4.46. The summed E-state index contributed by atoms with van der Waals surface area (Å²) >= 11 is 0. The molecule has 0 radical (unpaired) electrons. The average Bonchev–Trinajstić information content (AvgIpc) is 2.87. The first-order valence-corrected chi connectivity index (χ1v) is 11.9. The molecule has 0 spiro atoms. The molecule has 0 amide bonds. The molecule has 4 rings (SSSR count). The van der Waals surface area contributed by atoms with Gasteiger partial charge in [-0.3, -0.25) is 13.9 Å². The predicted molar refractivity (Wildman–Crippen MR) is 125 cm³/mol. The number of carbonyl (C=O) groups is 1. The number of fused-ring (bicyclic) bond motifs is 2. The number of pyridine rings is 1. The third-order valence-corrected chi connectivity index (χ3v) is 7.48. The summed E-state index contributed by atoms with van der Waals surface area (Å²) in [6, 6.07) is 15.3. The highest BCUT2D eigenvalue weighted by Gasteiger charge is 2.26. The zero-order chi connectivity index (χ0) is 22.2. The van der Waals surface area contributed by atoms with Crippen LogP contribution in [-0.4, -0.2) is 44.0 Å². The predicted octanol–water partition coefficient (Wildman–Crippen LogP) is 4.81. The van der Waals surface area contributed by atoms with E-state index >= 15 is 0 Å². The van der Waals surface area contributed by atoms with Crippen molar-refractivity contribution in [2.24, 2.45) is 5.92 Å². The quantitative estimate of drug-likeness (QED) is 0.450. The van der Waals surface area contributed by atoms with E-state index in [1.807, 2.05) is 54.3 Å². The molecule has 0 aliphatic carbocycles. The van der Waals surface area contributed by atoms with Gasteiger partial charge in [0.05, 0.1) is 22.1 Å². The number of rotatable bonds is 5. The monoisotopic (exact) mass is 441 g/mol. The van der Waals surface area contributed by atoms with Gasteiger partial charge in [-0.05, 0) is 30.7 Å². The van der Waals surface area contributed by atoms with Gasteiger partial charge >= 0.3 is 5.97 Å². The number of hydrogen-bond donors (Lipinski definition) is 4. The number of anilines is 2. The fraction of sp³-hybridized carbons (Fsp3) is 0.304. The first-order valence-electron chi connectivity index (χ1n) is 10.2. The Hall–Kier alpha value is -2.81. The molecular formula is C23H27N3O4S. The minimum absolute atomic E-state index is 0.233. The van der Waals surface area contributed by atoms with Crippen LogP contribution < -0.4 is 10.2 Å². The van der Waals surface area contributed by atoms with Gasteiger partial charge in [0.15, 0.2) is 0 Å². The lowest BCUT2D eigenvalue weighted by atomic mass is 10.1. The van der Waals surface area contributed by atoms with E-state index in [-0.39, 0.29) is 5.75 Å². The topological polar surface area (TPSA) is 106 Å². The van der Waals surface area contributed by atoms with E-state index in [0.29, 0.717) is 30.3 Å². The lowest BCUT2D eigenvalue weighted by molar-refractivity contribution is -0.140. The maximum Gasteiger partial charge on any atom is 0.308 e. The third-order valence-electron chi connectivity index (χ3n) is 5.63. The van der Waals surface area contributed by atoms with E-state index in [9.17, 15) is 19.0 Å². The molecule has 31 heavy (non-hydrogen) atoms. The van der Waals surface area contributed by atoms with E-state index in [2.05, 4.69) is 5.32 Å². The van der Waals surface area contributed by atoms with Crippen LogP contribution in [0.2, 0.25) is 0 Å². The van der Waals surface area contributed by atoms with Crippen molar-refractivity contribution in [3.63, 3.8) is 0 Å². The molecule has 1 aliphatic rings. The molecule has 0 bridgehead atoms. The molecule has 0 saturated carbocycles. The van der Waals surface area contributed by atoms with Gasteiger partial charge in [0.25, 0.3) is 0 Å². The van der Waals surface area contributed by atoms with Crippen molar-refractivity contribution < 1.29 is 19.0 Å². The average molecular weight is 442 g/mol. The van der Waals surface area contributed by atoms with Crippen molar-refractivity contribution in [3.8, 4) is 0 Å². The molecule has 2 aromatic carbocycles. The second kappa shape index (κ2) is 8.37. The molecule has 1 aromatic heterocycles. The molecule has 2 heterocycles. The number of carboxylic acids is 1. The summed E-state index contributed by atoms with van der Waals surface area (Å²) in [4.78, 5) is 18.8. The summed E-state index contributed by atoms with van der Waals surface area (Å²) in [5.74, 6) is -0.434. The van der Waals surface area contributed by atoms with E-state index < -0.39 is 22.5 Å². The Morgan fingerprint density at radius 2 is 2.00 bits per heavy atom. The summed E-state index contributed by atoms with van der Waals surface area (Å²) in [6.45, 7) is 4.94. The highest BCUT2D eigenvalue weighted by molar-refractivity contribution is 8.24. The van der Waals surface area contributed by atoms with Crippen LogP contribution in [-0.2, 0) is 11.3 Å². The normalized spacial score (nSPS) is 17.5. The van der Waals surface area contributed by atoms with Crippen molar-refractivity contribution in [2.75, 3.05) is 29.1 Å². The van der Waals surface area contributed by atoms with Crippen molar-refractivity contribution in [2.45, 2.75) is 25.3 Å². The molecule has 8 heteroatoms. The highest BCUT2D eigenvalue weighted by atomic mass is 32.3. The van der Waals surface area contributed by atoms with Gasteiger partial charge in [0, 0.05) is 36.8 Å². The SMILES string of the molecule is Cc1ccc2nc(N3CCS(O)(O)c4ccccc4C3)cc(NCC(C)C(=O)O)c2c1. The van der Waals surface area contributed by atoms with Gasteiger partial charge in [-0.2, -0.15) is 10.6 Å². The van der Waals surface area contributed by atoms with E-state index in [4.69, 9.17) is 4.98 Å². The van der Waals surface area contributed by atoms with Crippen molar-refractivity contribution in [1.82, 2.24) is 4.98 Å². The number of aromatic nitrogens is 1. The number of carboxylic acid groups (broad SMARTS) is 1. The number of benzene rings is 2. The lowest BCUT2D eigenvalue weighted by Gasteiger charge is -2.32. The van der Waals surface area contributed by atoms with Gasteiger partial charge in [0.2, 0.25) is 0 Å². The maximum absolute atomic E-state index is 11.3. The summed E-state index contributed by atoms with van der Waals surface area (Å²) in [5, 5.41) is 13.5. The molecule has 7 nitrogen and oxygen atoms in total. The number of aryl methyl sites for hydroxylation is 1. The Morgan fingerprint density at radius 1 is 1.23 bits per heavy atom. The molecule has 1 unspecified atom stereocenters. The zero-order valence-corrected chi connectivity index (χ0v) is 18.4. The Labute approximate surface area is 183 Å². The largest absolute Gasteiger partial charge is 0.481 e. The fourth-order valence-electron chi connectivity index (χ4n) is 3.77. The number of hydrogen-bond acceptors (Lipinski definition) is 6. The minimum Gasteiger partial charge on any atom is -0.481 e. The number of nitrogens with zero attached hydrogens (tertiary/aromatic N) is 2. The molecule has 164 valence electrons. The number of nitrogens with one attached hydrogen (secondary N) is 1. The van der Waals surface area contributed by atoms with Crippen LogP contribution in [0.15, 0.2) is 53.4 Å². The van der Waals surface area contributed by atoms with Crippen LogP contribution >= 0.6 is 10.6 Å². The Morgan fingerprint density at radius 3 is 2.77 bits per heavy atom. The summed E-state index contributed by atoms with van der Waals surface area (Å²) in [5.41, 5.74) is 3.59. The van der Waals surface area contributed by atoms with E-state index in [0.717, 1.165) is 27.7 Å². The Kier molecular flexibility index (Phi) is 5.79. The lowest BCUT2D eigenvalue weighted by Crippen LogP contribution is -2.26. The second-order valence-electron chi connectivity index (χ2n) is 8.07. The van der Waals surface area contributed by atoms with Crippen LogP contribution in [0, 0.1) is 12.8 Å². The fourth-order valence-corrected chi connectivity index (χ4v) is 5.31. The molecule has 4 N–H and O–H groups in total. The second-order valence-corrected chi connectivity index (χ2v) is 10.3. The van der Waals surface area contributed by atoms with Gasteiger partial charge in [-0.1, -0.05) is 36.8 Å². The molecule has 1 aliphatic heterocycles. The number of aliphatic carboxylic acids is 1. The van der Waals surface area contributed by atoms with Crippen molar-refractivity contribution in [1.29, 1.82) is 0 Å². The van der Waals surface area contributed by atoms with Gasteiger partial charge in [-0.25, -0.2) is 4.98 Å². The van der Waals surface area contributed by atoms with E-state index in [1.54, 1.807) is 13.0 Å². The van der Waals surface area contributed by atoms with Crippen molar-refractivity contribution >= 4 is 39.0 Å². The minimum atomic E-state index is -2.86. The van der Waals surface area contributed by atoms with Gasteiger partial charge in [0.1, 0.15) is 5.82 Å². The van der Waals surface area contributed by atoms with Crippen LogP contribution in [0.4, 0.5) is 11.5 Å². The summed E-state index contributed by atoms with van der Waals surface area (Å²) in [7, 11) is -2.86. The zero-order valence-electron chi connectivity index (χ0n) is 17.6. The first kappa shape index (κ1) is 21.4. The first-order chi connectivity index (χ1) is 14.7. The Bertz CT molecular complexity index is 1140. The highest BCUT2D eigenvalue weighted by Crippen LogP contribution is 2.51. The van der Waals surface area contributed by atoms with Gasteiger partial charge < -0.3 is 15.3 Å². The molecule has 3 aromatic rings. The van der Waals surface area contributed by atoms with Crippen LogP contribution in [0.3, 0.4) is 0 Å². The maximum atomic E-state index is 11.3. The molecule has 0 saturated heterocycles. The summed E-state index contributed by atoms with van der Waals surface area (Å²) < 4.78 is 21.3. The van der Waals surface area contributed by atoms with Gasteiger partial charge in [-0.15, -0.1) is 0 Å². The molecular weight excluding hydrogens is 414 g/mol. The van der Waals surface area contributed by atoms with Crippen LogP contribution in [0.5, 0.6) is 0 Å². The van der Waals surface area contributed by atoms with Crippen LogP contribution in [0.1, 0.15) is 18.1 Å². The molecule has 0 fully saturated rings. The van der Waals surface area contributed by atoms with Crippen LogP contribution in [0.25, 0.3) is 10.9 Å². The van der Waals surface area contributed by atoms with E-state index in [1.165, 1.54) is 0 Å². The molecule has 1 atom stereocenters. The smallest absolute Gasteiger partial charge is 0.308 e. The standard InChI is InChI=1S/C23H27N3O4S/c1-15-7-8-19-18(11-15)20(24-13-16(2)23(27)28)12-22(25-19)26-9-10-31(29,30)21-6-4-3-5-17(21)14-26/h3-8,11-12,16,29-30H,9-10,13-14H2,1-2H3,(H,24,25)(H,27,28). The van der Waals surface area contributed by atoms with Crippen molar-refractivity contribution in [3.05, 3.63) is 59.7 Å².